The fourth-order valence-corrected chi connectivity index (χ4v) is 1.97. The van der Waals surface area contributed by atoms with Crippen LogP contribution in [0.2, 0.25) is 0 Å². The highest BCUT2D eigenvalue weighted by atomic mass is 16.3. The fourth-order valence-electron chi connectivity index (χ4n) is 1.97. The number of hydrogen-bond donors (Lipinski definition) is 2. The van der Waals surface area contributed by atoms with Gasteiger partial charge in [0, 0.05) is 32.9 Å². The summed E-state index contributed by atoms with van der Waals surface area (Å²) in [6.07, 6.45) is 2.15. The molecular formula is C15H25N3O3. The van der Waals surface area contributed by atoms with E-state index in [1.54, 1.807) is 30.3 Å². The van der Waals surface area contributed by atoms with Crippen LogP contribution in [0.1, 0.15) is 27.2 Å². The lowest BCUT2D eigenvalue weighted by molar-refractivity contribution is 0.176. The Balaban J connectivity index is 2.85. The summed E-state index contributed by atoms with van der Waals surface area (Å²) < 4.78 is 1.41. The van der Waals surface area contributed by atoms with Crippen LogP contribution in [0, 0.1) is 5.41 Å². The van der Waals surface area contributed by atoms with Gasteiger partial charge in [-0.15, -0.1) is 0 Å². The van der Waals surface area contributed by atoms with Gasteiger partial charge in [0.1, 0.15) is 5.69 Å². The van der Waals surface area contributed by atoms with Crippen molar-refractivity contribution in [1.82, 2.24) is 9.47 Å². The van der Waals surface area contributed by atoms with Gasteiger partial charge in [-0.1, -0.05) is 20.8 Å². The maximum Gasteiger partial charge on any atom is 0.322 e. The average molecular weight is 295 g/mol. The average Bonchev–Trinajstić information content (AvgIpc) is 2.38. The fraction of sp³-hybridized carbons (Fsp3) is 0.600. The Labute approximate surface area is 125 Å². The Morgan fingerprint density at radius 1 is 1.43 bits per heavy atom. The van der Waals surface area contributed by atoms with Crippen LogP contribution in [-0.2, 0) is 7.05 Å². The number of aliphatic hydroxyl groups is 1. The van der Waals surface area contributed by atoms with Crippen molar-refractivity contribution < 1.29 is 9.90 Å². The Bertz CT molecular complexity index is 532. The first kappa shape index (κ1) is 17.2. The molecule has 2 amide bonds. The molecule has 0 aromatic carbocycles. The lowest BCUT2D eigenvalue weighted by Gasteiger charge is -2.30. The van der Waals surface area contributed by atoms with Crippen LogP contribution >= 0.6 is 0 Å². The first-order valence-corrected chi connectivity index (χ1v) is 7.07. The Morgan fingerprint density at radius 2 is 2.10 bits per heavy atom. The lowest BCUT2D eigenvalue weighted by Crippen LogP contribution is -2.42. The molecule has 0 aliphatic heterocycles. The predicted molar refractivity (Wildman–Crippen MR) is 83.4 cm³/mol. The number of aryl methyl sites for hydroxylation is 1. The summed E-state index contributed by atoms with van der Waals surface area (Å²) >= 11 is 0. The van der Waals surface area contributed by atoms with E-state index >= 15 is 0 Å². The summed E-state index contributed by atoms with van der Waals surface area (Å²) in [6.45, 7) is 7.13. The second kappa shape index (κ2) is 7.26. The molecule has 6 nitrogen and oxygen atoms in total. The van der Waals surface area contributed by atoms with Gasteiger partial charge in [-0.05, 0) is 24.0 Å². The number of nitrogens with zero attached hydrogens (tertiary/aromatic N) is 2. The standard InChI is InChI=1S/C15H25N3O3/c1-15(2,3)11-18(9-6-10-19)14(21)16-12-7-5-8-17(4)13(12)20/h5,7-8,19H,6,9-11H2,1-4H3,(H,16,21). The molecule has 0 atom stereocenters. The van der Waals surface area contributed by atoms with Crippen LogP contribution in [0.5, 0.6) is 0 Å². The number of anilines is 1. The van der Waals surface area contributed by atoms with Gasteiger partial charge in [-0.3, -0.25) is 4.79 Å². The van der Waals surface area contributed by atoms with Gasteiger partial charge in [0.05, 0.1) is 0 Å². The van der Waals surface area contributed by atoms with E-state index in [0.717, 1.165) is 0 Å². The van der Waals surface area contributed by atoms with E-state index < -0.39 is 0 Å². The number of carbonyl (C=O) groups is 1. The third-order valence-electron chi connectivity index (χ3n) is 2.90. The monoisotopic (exact) mass is 295 g/mol. The van der Waals surface area contributed by atoms with Crippen molar-refractivity contribution in [1.29, 1.82) is 0 Å². The topological polar surface area (TPSA) is 74.6 Å². The van der Waals surface area contributed by atoms with Gasteiger partial charge in [0.15, 0.2) is 0 Å². The number of nitrogens with one attached hydrogen (secondary N) is 1. The smallest absolute Gasteiger partial charge is 0.322 e. The maximum absolute atomic E-state index is 12.3. The molecule has 1 heterocycles. The molecule has 0 spiro atoms. The summed E-state index contributed by atoms with van der Waals surface area (Å²) in [7, 11) is 1.64. The second-order valence-corrected chi connectivity index (χ2v) is 6.33. The molecule has 1 aromatic heterocycles. The van der Waals surface area contributed by atoms with E-state index in [1.807, 2.05) is 20.8 Å². The number of urea groups is 1. The van der Waals surface area contributed by atoms with Crippen LogP contribution in [0.3, 0.4) is 0 Å². The molecular weight excluding hydrogens is 270 g/mol. The minimum absolute atomic E-state index is 0.0288. The van der Waals surface area contributed by atoms with E-state index in [1.165, 1.54) is 4.57 Å². The maximum atomic E-state index is 12.3. The van der Waals surface area contributed by atoms with E-state index in [4.69, 9.17) is 5.11 Å². The van der Waals surface area contributed by atoms with Crippen LogP contribution in [0.15, 0.2) is 23.1 Å². The summed E-state index contributed by atoms with van der Waals surface area (Å²) in [6, 6.07) is 2.97. The summed E-state index contributed by atoms with van der Waals surface area (Å²) in [5.41, 5.74) is -0.0503. The SMILES string of the molecule is Cn1cccc(NC(=O)N(CCCO)CC(C)(C)C)c1=O. The summed E-state index contributed by atoms with van der Waals surface area (Å²) in [5, 5.41) is 11.6. The molecule has 0 bridgehead atoms. The van der Waals surface area contributed by atoms with Crippen LogP contribution < -0.4 is 10.9 Å². The molecule has 0 unspecified atom stereocenters. The minimum Gasteiger partial charge on any atom is -0.396 e. The van der Waals surface area contributed by atoms with E-state index in [2.05, 4.69) is 5.32 Å². The molecule has 1 aromatic rings. The number of rotatable bonds is 5. The first-order valence-electron chi connectivity index (χ1n) is 7.07. The molecule has 0 radical (unpaired) electrons. The summed E-state index contributed by atoms with van der Waals surface area (Å²) in [4.78, 5) is 25.9. The quantitative estimate of drug-likeness (QED) is 0.867. The highest BCUT2D eigenvalue weighted by Crippen LogP contribution is 2.16. The van der Waals surface area contributed by atoms with Crippen LogP contribution in [0.25, 0.3) is 0 Å². The van der Waals surface area contributed by atoms with Gasteiger partial charge >= 0.3 is 6.03 Å². The van der Waals surface area contributed by atoms with Gasteiger partial charge in [-0.25, -0.2) is 4.79 Å². The molecule has 0 saturated heterocycles. The number of amides is 2. The molecule has 0 aliphatic carbocycles. The van der Waals surface area contributed by atoms with Crippen molar-refractivity contribution in [3.05, 3.63) is 28.7 Å². The third-order valence-corrected chi connectivity index (χ3v) is 2.90. The number of aliphatic hydroxyl groups excluding tert-OH is 1. The van der Waals surface area contributed by atoms with Crippen LogP contribution in [0.4, 0.5) is 10.5 Å². The van der Waals surface area contributed by atoms with E-state index in [0.29, 0.717) is 19.5 Å². The zero-order chi connectivity index (χ0) is 16.0. The number of aromatic nitrogens is 1. The minimum atomic E-state index is -0.318. The van der Waals surface area contributed by atoms with Crippen molar-refractivity contribution in [3.8, 4) is 0 Å². The molecule has 21 heavy (non-hydrogen) atoms. The molecule has 0 saturated carbocycles. The number of pyridine rings is 1. The third kappa shape index (κ3) is 5.59. The molecule has 0 fully saturated rings. The number of carbonyl (C=O) groups excluding carboxylic acids is 1. The zero-order valence-electron chi connectivity index (χ0n) is 13.2. The Hall–Kier alpha value is -1.82. The molecule has 1 rings (SSSR count). The zero-order valence-corrected chi connectivity index (χ0v) is 13.2. The highest BCUT2D eigenvalue weighted by molar-refractivity contribution is 5.89. The summed E-state index contributed by atoms with van der Waals surface area (Å²) in [5.74, 6) is 0. The van der Waals surface area contributed by atoms with Crippen molar-refractivity contribution in [2.75, 3.05) is 25.0 Å². The normalized spacial score (nSPS) is 11.3. The van der Waals surface area contributed by atoms with Gasteiger partial charge in [0.2, 0.25) is 0 Å². The first-order chi connectivity index (χ1) is 9.74. The van der Waals surface area contributed by atoms with Gasteiger partial charge < -0.3 is 19.9 Å². The molecule has 2 N–H and O–H groups in total. The molecule has 118 valence electrons. The van der Waals surface area contributed by atoms with Gasteiger partial charge in [0.25, 0.3) is 5.56 Å². The van der Waals surface area contributed by atoms with E-state index in [9.17, 15) is 9.59 Å². The highest BCUT2D eigenvalue weighted by Gasteiger charge is 2.21. The van der Waals surface area contributed by atoms with Crippen molar-refractivity contribution >= 4 is 11.7 Å². The molecule has 0 aliphatic rings. The second-order valence-electron chi connectivity index (χ2n) is 6.33. The molecule has 6 heteroatoms. The largest absolute Gasteiger partial charge is 0.396 e. The van der Waals surface area contributed by atoms with E-state index in [-0.39, 0.29) is 29.3 Å². The van der Waals surface area contributed by atoms with Crippen molar-refractivity contribution in [3.63, 3.8) is 0 Å². The lowest BCUT2D eigenvalue weighted by atomic mass is 9.96. The van der Waals surface area contributed by atoms with Crippen molar-refractivity contribution in [2.45, 2.75) is 27.2 Å². The predicted octanol–water partition coefficient (Wildman–Crippen LogP) is 1.65. The number of hydrogen-bond acceptors (Lipinski definition) is 3. The Kier molecular flexibility index (Phi) is 5.96. The Morgan fingerprint density at radius 3 is 2.67 bits per heavy atom. The van der Waals surface area contributed by atoms with Gasteiger partial charge in [-0.2, -0.15) is 0 Å². The van der Waals surface area contributed by atoms with Crippen molar-refractivity contribution in [2.24, 2.45) is 12.5 Å². The van der Waals surface area contributed by atoms with Crippen LogP contribution in [-0.4, -0.2) is 40.3 Å².